The molecule has 0 aliphatic rings. The highest BCUT2D eigenvalue weighted by Gasteiger charge is 2.04. The van der Waals surface area contributed by atoms with Crippen LogP contribution in [0.5, 0.6) is 0 Å². The molecule has 0 N–H and O–H groups in total. The first kappa shape index (κ1) is 8.82. The van der Waals surface area contributed by atoms with Crippen LogP contribution in [0.4, 0.5) is 5.69 Å². The Hall–Kier alpha value is -1.27. The zero-order chi connectivity index (χ0) is 9.14. The third kappa shape index (κ3) is 1.66. The average molecular weight is 182 g/mol. The van der Waals surface area contributed by atoms with Crippen molar-refractivity contribution in [1.29, 1.82) is 5.26 Å². The minimum atomic E-state index is 0.401. The van der Waals surface area contributed by atoms with E-state index in [1.807, 2.05) is 25.1 Å². The molecule has 0 saturated heterocycles. The summed E-state index contributed by atoms with van der Waals surface area (Å²) < 4.78 is 0. The number of nitriles is 1. The largest absolute Gasteiger partial charge is 0.376 e. The minimum absolute atomic E-state index is 0.401. The number of aromatic nitrogens is 1. The fraction of sp³-hybridized carbons (Fsp3) is 0.250. The highest BCUT2D eigenvalue weighted by atomic mass is 35.5. The van der Waals surface area contributed by atoms with Crippen LogP contribution < -0.4 is 4.90 Å². The summed E-state index contributed by atoms with van der Waals surface area (Å²) in [4.78, 5) is 5.63. The van der Waals surface area contributed by atoms with E-state index in [9.17, 15) is 0 Å². The number of rotatable bonds is 1. The second kappa shape index (κ2) is 3.42. The SMILES string of the molecule is CN(C)c1cc(Cl)ncc1C#N. The van der Waals surface area contributed by atoms with Crippen LogP contribution in [-0.2, 0) is 0 Å². The summed E-state index contributed by atoms with van der Waals surface area (Å²) >= 11 is 5.67. The summed E-state index contributed by atoms with van der Waals surface area (Å²) in [6, 6.07) is 3.71. The van der Waals surface area contributed by atoms with E-state index >= 15 is 0 Å². The Labute approximate surface area is 76.2 Å². The first-order valence-electron chi connectivity index (χ1n) is 3.38. The highest BCUT2D eigenvalue weighted by Crippen LogP contribution is 2.19. The van der Waals surface area contributed by atoms with Crippen molar-refractivity contribution < 1.29 is 0 Å². The van der Waals surface area contributed by atoms with Gasteiger partial charge < -0.3 is 4.90 Å². The molecule has 0 aliphatic heterocycles. The number of hydrogen-bond donors (Lipinski definition) is 0. The molecule has 1 aromatic rings. The lowest BCUT2D eigenvalue weighted by Gasteiger charge is -2.13. The smallest absolute Gasteiger partial charge is 0.131 e. The molecule has 62 valence electrons. The third-order valence-electron chi connectivity index (χ3n) is 1.45. The van der Waals surface area contributed by atoms with E-state index in [4.69, 9.17) is 16.9 Å². The molecule has 3 nitrogen and oxygen atoms in total. The Bertz CT molecular complexity index is 328. The van der Waals surface area contributed by atoms with Crippen LogP contribution in [0.2, 0.25) is 5.15 Å². The molecule has 0 aromatic carbocycles. The van der Waals surface area contributed by atoms with Crippen molar-refractivity contribution in [2.24, 2.45) is 0 Å². The zero-order valence-corrected chi connectivity index (χ0v) is 7.63. The van der Waals surface area contributed by atoms with Gasteiger partial charge in [0.15, 0.2) is 0 Å². The van der Waals surface area contributed by atoms with Crippen molar-refractivity contribution in [3.8, 4) is 6.07 Å². The Balaban J connectivity index is 3.24. The number of anilines is 1. The van der Waals surface area contributed by atoms with Gasteiger partial charge in [0.2, 0.25) is 0 Å². The maximum atomic E-state index is 8.70. The van der Waals surface area contributed by atoms with Crippen LogP contribution in [0, 0.1) is 11.3 Å². The van der Waals surface area contributed by atoms with Gasteiger partial charge in [-0.3, -0.25) is 0 Å². The number of nitrogens with zero attached hydrogens (tertiary/aromatic N) is 3. The summed E-state index contributed by atoms with van der Waals surface area (Å²) in [5.74, 6) is 0. The number of halogens is 1. The predicted octanol–water partition coefficient (Wildman–Crippen LogP) is 1.67. The Kier molecular flexibility index (Phi) is 2.51. The number of hydrogen-bond acceptors (Lipinski definition) is 3. The van der Waals surface area contributed by atoms with Crippen LogP contribution in [0.1, 0.15) is 5.56 Å². The summed E-state index contributed by atoms with van der Waals surface area (Å²) in [5, 5.41) is 9.10. The minimum Gasteiger partial charge on any atom is -0.376 e. The molecule has 4 heteroatoms. The lowest BCUT2D eigenvalue weighted by atomic mass is 10.2. The fourth-order valence-corrected chi connectivity index (χ4v) is 1.03. The van der Waals surface area contributed by atoms with Crippen LogP contribution >= 0.6 is 11.6 Å². The maximum absolute atomic E-state index is 8.70. The van der Waals surface area contributed by atoms with Gasteiger partial charge in [-0.2, -0.15) is 5.26 Å². The van der Waals surface area contributed by atoms with E-state index in [1.54, 1.807) is 6.07 Å². The summed E-state index contributed by atoms with van der Waals surface area (Å²) in [7, 11) is 3.71. The molecule has 0 fully saturated rings. The first-order chi connectivity index (χ1) is 5.65. The van der Waals surface area contributed by atoms with Crippen LogP contribution in [0.15, 0.2) is 12.3 Å². The van der Waals surface area contributed by atoms with E-state index in [0.717, 1.165) is 5.69 Å². The van der Waals surface area contributed by atoms with Gasteiger partial charge in [0.1, 0.15) is 11.2 Å². The Morgan fingerprint density at radius 2 is 2.25 bits per heavy atom. The molecule has 0 amide bonds. The van der Waals surface area contributed by atoms with Gasteiger partial charge in [-0.1, -0.05) is 11.6 Å². The summed E-state index contributed by atoms with van der Waals surface area (Å²) in [6.07, 6.45) is 1.47. The summed E-state index contributed by atoms with van der Waals surface area (Å²) in [6.45, 7) is 0. The zero-order valence-electron chi connectivity index (χ0n) is 6.87. The van der Waals surface area contributed by atoms with Crippen molar-refractivity contribution in [3.63, 3.8) is 0 Å². The average Bonchev–Trinajstić information content (AvgIpc) is 2.04. The van der Waals surface area contributed by atoms with Crippen LogP contribution in [-0.4, -0.2) is 19.1 Å². The molecular formula is C8H8ClN3. The van der Waals surface area contributed by atoms with Gasteiger partial charge in [-0.25, -0.2) is 4.98 Å². The topological polar surface area (TPSA) is 39.9 Å². The lowest BCUT2D eigenvalue weighted by molar-refractivity contribution is 1.11. The molecule has 0 saturated carbocycles. The van der Waals surface area contributed by atoms with Crippen LogP contribution in [0.3, 0.4) is 0 Å². The Morgan fingerprint density at radius 1 is 1.58 bits per heavy atom. The van der Waals surface area contributed by atoms with Crippen molar-refractivity contribution >= 4 is 17.3 Å². The van der Waals surface area contributed by atoms with Gasteiger partial charge in [0.25, 0.3) is 0 Å². The van der Waals surface area contributed by atoms with Crippen molar-refractivity contribution in [1.82, 2.24) is 4.98 Å². The van der Waals surface area contributed by atoms with Crippen molar-refractivity contribution in [3.05, 3.63) is 23.0 Å². The van der Waals surface area contributed by atoms with E-state index in [-0.39, 0.29) is 0 Å². The molecule has 0 atom stereocenters. The van der Waals surface area contributed by atoms with Gasteiger partial charge in [-0.05, 0) is 0 Å². The normalized spacial score (nSPS) is 9.17. The highest BCUT2D eigenvalue weighted by molar-refractivity contribution is 6.29. The fourth-order valence-electron chi connectivity index (χ4n) is 0.876. The molecule has 12 heavy (non-hydrogen) atoms. The van der Waals surface area contributed by atoms with Crippen molar-refractivity contribution in [2.75, 3.05) is 19.0 Å². The molecule has 0 spiro atoms. The molecule has 1 heterocycles. The van der Waals surface area contributed by atoms with E-state index in [0.29, 0.717) is 10.7 Å². The molecule has 0 aliphatic carbocycles. The lowest BCUT2D eigenvalue weighted by Crippen LogP contribution is -2.10. The molecule has 1 rings (SSSR count). The van der Waals surface area contributed by atoms with Gasteiger partial charge in [0.05, 0.1) is 11.3 Å². The second-order valence-electron chi connectivity index (χ2n) is 2.53. The van der Waals surface area contributed by atoms with Crippen molar-refractivity contribution in [2.45, 2.75) is 0 Å². The van der Waals surface area contributed by atoms with Gasteiger partial charge in [-0.15, -0.1) is 0 Å². The monoisotopic (exact) mass is 181 g/mol. The van der Waals surface area contributed by atoms with E-state index in [2.05, 4.69) is 4.98 Å². The number of pyridine rings is 1. The Morgan fingerprint density at radius 3 is 2.75 bits per heavy atom. The van der Waals surface area contributed by atoms with Gasteiger partial charge in [0, 0.05) is 26.4 Å². The van der Waals surface area contributed by atoms with E-state index in [1.165, 1.54) is 6.20 Å². The van der Waals surface area contributed by atoms with E-state index < -0.39 is 0 Å². The predicted molar refractivity (Wildman–Crippen MR) is 48.3 cm³/mol. The second-order valence-corrected chi connectivity index (χ2v) is 2.92. The first-order valence-corrected chi connectivity index (χ1v) is 3.76. The molecule has 1 aromatic heterocycles. The molecule has 0 radical (unpaired) electrons. The molecule has 0 unspecified atom stereocenters. The van der Waals surface area contributed by atoms with Crippen LogP contribution in [0.25, 0.3) is 0 Å². The summed E-state index contributed by atoms with van der Waals surface area (Å²) in [5.41, 5.74) is 1.32. The third-order valence-corrected chi connectivity index (χ3v) is 1.66. The quantitative estimate of drug-likeness (QED) is 0.619. The van der Waals surface area contributed by atoms with Gasteiger partial charge >= 0.3 is 0 Å². The standard InChI is InChI=1S/C8H8ClN3/c1-12(2)7-3-8(9)11-5-6(7)4-10/h3,5H,1-2H3. The maximum Gasteiger partial charge on any atom is 0.131 e. The molecule has 0 bridgehead atoms. The molecular weight excluding hydrogens is 174 g/mol.